The minimum Gasteiger partial charge on any atom is -0.458 e. The average Bonchev–Trinajstić information content (AvgIpc) is 3.19. The van der Waals surface area contributed by atoms with Crippen molar-refractivity contribution in [1.82, 2.24) is 0 Å². The molecule has 1 spiro atoms. The molecule has 6 unspecified atom stereocenters. The van der Waals surface area contributed by atoms with E-state index in [0.29, 0.717) is 5.57 Å². The number of Topliss-reactive ketones (excluding diaryl/α,β-unsaturated/α-hetero) is 2. The molecular formula is C28H32O10. The van der Waals surface area contributed by atoms with E-state index in [-0.39, 0.29) is 31.5 Å². The Bertz CT molecular complexity index is 1300. The summed E-state index contributed by atoms with van der Waals surface area (Å²) in [6, 6.07) is 0. The topological polar surface area (TPSA) is 157 Å². The molecule has 0 radical (unpaired) electrons. The van der Waals surface area contributed by atoms with Crippen molar-refractivity contribution in [2.45, 2.75) is 88.2 Å². The largest absolute Gasteiger partial charge is 0.458 e. The lowest BCUT2D eigenvalue weighted by Crippen LogP contribution is -2.78. The van der Waals surface area contributed by atoms with Crippen LogP contribution in [0.4, 0.5) is 0 Å². The molecule has 3 N–H and O–H groups in total. The van der Waals surface area contributed by atoms with Crippen LogP contribution in [0.5, 0.6) is 0 Å². The lowest BCUT2D eigenvalue weighted by atomic mass is 9.46. The summed E-state index contributed by atoms with van der Waals surface area (Å²) in [5, 5.41) is 36.1. The van der Waals surface area contributed by atoms with E-state index in [4.69, 9.17) is 14.2 Å². The summed E-state index contributed by atoms with van der Waals surface area (Å²) in [6.45, 7) is 6.53. The number of rotatable bonds is 0. The molecule has 4 saturated heterocycles. The van der Waals surface area contributed by atoms with E-state index in [9.17, 15) is 34.5 Å². The summed E-state index contributed by atoms with van der Waals surface area (Å²) in [5.74, 6) is -9.49. The van der Waals surface area contributed by atoms with Gasteiger partial charge in [0.15, 0.2) is 22.6 Å². The predicted molar refractivity (Wildman–Crippen MR) is 126 cm³/mol. The Kier molecular flexibility index (Phi) is 4.31. The summed E-state index contributed by atoms with van der Waals surface area (Å²) < 4.78 is 18.0. The molecule has 0 aromatic heterocycles. The molecule has 7 rings (SSSR count). The fourth-order valence-corrected chi connectivity index (χ4v) is 9.48. The molecule has 0 amide bonds. The summed E-state index contributed by atoms with van der Waals surface area (Å²) in [6.07, 6.45) is 2.64. The molecule has 10 heteroatoms. The fourth-order valence-electron chi connectivity index (χ4n) is 9.48. The SMILES string of the molecule is CC1C(=O)OC2C[C@@]1(C)C1C(=O)[C@]3(O)O[C@@]14[C@@](O)(CCC1C3C(O)C=C3C=CCC(=O)[C@@]31C)C(=O)O[C@@]24C. The van der Waals surface area contributed by atoms with Crippen LogP contribution in [0, 0.1) is 34.5 Å². The second kappa shape index (κ2) is 6.66. The van der Waals surface area contributed by atoms with Gasteiger partial charge in [-0.05, 0) is 50.0 Å². The quantitative estimate of drug-likeness (QED) is 0.379. The van der Waals surface area contributed by atoms with Crippen molar-refractivity contribution in [1.29, 1.82) is 0 Å². The van der Waals surface area contributed by atoms with E-state index < -0.39 is 87.0 Å². The van der Waals surface area contributed by atoms with Gasteiger partial charge in [-0.1, -0.05) is 32.1 Å². The molecule has 12 atom stereocenters. The minimum absolute atomic E-state index is 0.0287. The van der Waals surface area contributed by atoms with Crippen LogP contribution in [0.3, 0.4) is 0 Å². The number of fused-ring (bicyclic) bond motifs is 9. The first kappa shape index (κ1) is 24.6. The number of hydrogen-bond donors (Lipinski definition) is 3. The van der Waals surface area contributed by atoms with Crippen LogP contribution >= 0.6 is 0 Å². The zero-order valence-corrected chi connectivity index (χ0v) is 21.7. The summed E-state index contributed by atoms with van der Waals surface area (Å²) in [7, 11) is 0. The average molecular weight is 529 g/mol. The molecule has 5 fully saturated rings. The van der Waals surface area contributed by atoms with Crippen LogP contribution in [0.1, 0.15) is 53.4 Å². The lowest BCUT2D eigenvalue weighted by molar-refractivity contribution is -0.350. The maximum Gasteiger partial charge on any atom is 0.342 e. The normalized spacial score (nSPS) is 58.1. The van der Waals surface area contributed by atoms with E-state index in [2.05, 4.69) is 0 Å². The molecule has 3 aliphatic carbocycles. The number of carbonyl (C=O) groups is 4. The van der Waals surface area contributed by atoms with E-state index in [1.165, 1.54) is 13.0 Å². The minimum atomic E-state index is -2.67. The van der Waals surface area contributed by atoms with Crippen LogP contribution in [0.25, 0.3) is 0 Å². The van der Waals surface area contributed by atoms with Crippen LogP contribution in [0.15, 0.2) is 23.8 Å². The van der Waals surface area contributed by atoms with Crippen molar-refractivity contribution in [3.63, 3.8) is 0 Å². The van der Waals surface area contributed by atoms with E-state index in [0.717, 1.165) is 0 Å². The number of allylic oxidation sites excluding steroid dienone is 3. The summed E-state index contributed by atoms with van der Waals surface area (Å²) >= 11 is 0. The molecule has 38 heavy (non-hydrogen) atoms. The van der Waals surface area contributed by atoms with Crippen molar-refractivity contribution in [3.8, 4) is 0 Å². The first-order valence-corrected chi connectivity index (χ1v) is 13.4. The first-order valence-electron chi connectivity index (χ1n) is 13.4. The number of aliphatic hydroxyl groups is 3. The monoisotopic (exact) mass is 528 g/mol. The van der Waals surface area contributed by atoms with Gasteiger partial charge in [0.05, 0.1) is 29.3 Å². The molecule has 7 aliphatic rings. The van der Waals surface area contributed by atoms with Crippen molar-refractivity contribution in [2.24, 2.45) is 34.5 Å². The first-order chi connectivity index (χ1) is 17.6. The summed E-state index contributed by atoms with van der Waals surface area (Å²) in [5.41, 5.74) is -8.02. The van der Waals surface area contributed by atoms with Gasteiger partial charge in [-0.15, -0.1) is 0 Å². The van der Waals surface area contributed by atoms with Gasteiger partial charge < -0.3 is 29.5 Å². The number of carbonyl (C=O) groups excluding carboxylic acids is 4. The molecule has 1 saturated carbocycles. The summed E-state index contributed by atoms with van der Waals surface area (Å²) in [4.78, 5) is 54.6. The van der Waals surface area contributed by atoms with Gasteiger partial charge in [0.1, 0.15) is 11.9 Å². The van der Waals surface area contributed by atoms with E-state index in [1.54, 1.807) is 32.9 Å². The zero-order chi connectivity index (χ0) is 27.4. The van der Waals surface area contributed by atoms with Gasteiger partial charge in [0.25, 0.3) is 0 Å². The highest BCUT2D eigenvalue weighted by Crippen LogP contribution is 2.73. The fraction of sp³-hybridized carbons (Fsp3) is 0.714. The number of ether oxygens (including phenoxy) is 3. The third-order valence-electron chi connectivity index (χ3n) is 11.8. The van der Waals surface area contributed by atoms with Gasteiger partial charge in [-0.2, -0.15) is 0 Å². The van der Waals surface area contributed by atoms with Crippen molar-refractivity contribution >= 4 is 23.5 Å². The zero-order valence-electron chi connectivity index (χ0n) is 21.7. The van der Waals surface area contributed by atoms with Crippen LogP contribution in [-0.2, 0) is 33.4 Å². The van der Waals surface area contributed by atoms with E-state index >= 15 is 0 Å². The van der Waals surface area contributed by atoms with E-state index in [1.807, 2.05) is 0 Å². The van der Waals surface area contributed by atoms with Crippen LogP contribution in [-0.4, -0.2) is 73.6 Å². The number of esters is 2. The Morgan fingerprint density at radius 2 is 1.79 bits per heavy atom. The van der Waals surface area contributed by atoms with Gasteiger partial charge in [0.2, 0.25) is 5.79 Å². The van der Waals surface area contributed by atoms with Gasteiger partial charge in [0, 0.05) is 6.42 Å². The van der Waals surface area contributed by atoms with Crippen molar-refractivity contribution < 1.29 is 48.7 Å². The molecule has 0 aromatic carbocycles. The Balaban J connectivity index is 1.52. The Morgan fingerprint density at radius 1 is 1.08 bits per heavy atom. The highest BCUT2D eigenvalue weighted by molar-refractivity contribution is 5.99. The van der Waals surface area contributed by atoms with Gasteiger partial charge >= 0.3 is 11.9 Å². The molecule has 4 aliphatic heterocycles. The molecular weight excluding hydrogens is 496 g/mol. The standard InChI is InChI=1S/C28H32O10/c1-12-21(32)36-17-11-23(12,2)19-20(31)27(35)18-14(24(3)13(10-15(18)29)6-5-7-16(24)30)8-9-26(34)22(33)37-25(17,4)28(19,26)38-27/h5-6,10,12,14-15,17-19,29,34-35H,7-9,11H2,1-4H3/t12?,14?,15?,17?,18?,19?,23-,24+,25+,26-,27-,28+/m1/s1. The second-order valence-corrected chi connectivity index (χ2v) is 13.1. The van der Waals surface area contributed by atoms with Crippen molar-refractivity contribution in [3.05, 3.63) is 23.8 Å². The number of hydrogen-bond acceptors (Lipinski definition) is 10. The third-order valence-corrected chi connectivity index (χ3v) is 11.8. The maximum absolute atomic E-state index is 14.6. The van der Waals surface area contributed by atoms with Gasteiger partial charge in [-0.25, -0.2) is 4.79 Å². The highest BCUT2D eigenvalue weighted by atomic mass is 16.7. The Labute approximate surface area is 219 Å². The number of aliphatic hydroxyl groups excluding tert-OH is 1. The lowest BCUT2D eigenvalue weighted by Gasteiger charge is -2.61. The number of ketones is 2. The van der Waals surface area contributed by atoms with Crippen molar-refractivity contribution in [2.75, 3.05) is 0 Å². The third kappa shape index (κ3) is 2.19. The van der Waals surface area contributed by atoms with Crippen LogP contribution < -0.4 is 0 Å². The Morgan fingerprint density at radius 3 is 2.50 bits per heavy atom. The smallest absolute Gasteiger partial charge is 0.342 e. The molecule has 204 valence electrons. The molecule has 4 heterocycles. The highest BCUT2D eigenvalue weighted by Gasteiger charge is 2.92. The molecule has 10 nitrogen and oxygen atoms in total. The molecule has 0 aromatic rings. The van der Waals surface area contributed by atoms with Crippen LogP contribution in [0.2, 0.25) is 0 Å². The predicted octanol–water partition coefficient (Wildman–Crippen LogP) is 0.510. The maximum atomic E-state index is 14.6. The second-order valence-electron chi connectivity index (χ2n) is 13.1. The molecule has 4 bridgehead atoms. The Hall–Kier alpha value is -2.40. The van der Waals surface area contributed by atoms with Gasteiger partial charge in [-0.3, -0.25) is 14.4 Å².